The number of likely N-dealkylation sites (tertiary alicyclic amines) is 1. The molecule has 4 heteroatoms. The normalized spacial score (nSPS) is 19.3. The third-order valence-corrected chi connectivity index (χ3v) is 3.95. The van der Waals surface area contributed by atoms with Gasteiger partial charge in [0.05, 0.1) is 0 Å². The first-order valence-corrected chi connectivity index (χ1v) is 7.32. The lowest BCUT2D eigenvalue weighted by Crippen LogP contribution is -2.26. The predicted octanol–water partition coefficient (Wildman–Crippen LogP) is 2.69. The summed E-state index contributed by atoms with van der Waals surface area (Å²) in [5.41, 5.74) is 1.02. The molecule has 1 fully saturated rings. The molecule has 19 heavy (non-hydrogen) atoms. The van der Waals surface area contributed by atoms with Crippen LogP contribution in [0.1, 0.15) is 18.4 Å². The van der Waals surface area contributed by atoms with Crippen molar-refractivity contribution in [2.45, 2.75) is 12.8 Å². The molecule has 0 aliphatic carbocycles. The van der Waals surface area contributed by atoms with Gasteiger partial charge in [0.15, 0.2) is 0 Å². The van der Waals surface area contributed by atoms with Crippen molar-refractivity contribution < 1.29 is 9.90 Å². The average molecular weight is 324 g/mol. The van der Waals surface area contributed by atoms with Crippen molar-refractivity contribution in [2.24, 2.45) is 5.92 Å². The van der Waals surface area contributed by atoms with E-state index in [1.54, 1.807) is 6.08 Å². The Morgan fingerprint density at radius 1 is 1.42 bits per heavy atom. The molecule has 0 bridgehead atoms. The zero-order chi connectivity index (χ0) is 13.7. The molecule has 1 heterocycles. The van der Waals surface area contributed by atoms with Crippen LogP contribution in [-0.4, -0.2) is 35.6 Å². The monoisotopic (exact) mass is 323 g/mol. The Balaban J connectivity index is 1.89. The van der Waals surface area contributed by atoms with Crippen LogP contribution in [0.3, 0.4) is 0 Å². The highest BCUT2D eigenvalue weighted by Gasteiger charge is 2.24. The number of hydrogen-bond donors (Lipinski definition) is 1. The fraction of sp³-hybridized carbons (Fsp3) is 0.400. The minimum atomic E-state index is 0.0587. The maximum atomic E-state index is 12.0. The molecule has 1 aliphatic heterocycles. The lowest BCUT2D eigenvalue weighted by molar-refractivity contribution is -0.125. The second-order valence-corrected chi connectivity index (χ2v) is 5.75. The molecule has 3 nitrogen and oxygen atoms in total. The summed E-state index contributed by atoms with van der Waals surface area (Å²) in [5.74, 6) is 0.512. The van der Waals surface area contributed by atoms with Gasteiger partial charge in [-0.25, -0.2) is 0 Å². The molecule has 1 atom stereocenters. The summed E-state index contributed by atoms with van der Waals surface area (Å²) >= 11 is 3.38. The van der Waals surface area contributed by atoms with Gasteiger partial charge >= 0.3 is 0 Å². The Morgan fingerprint density at radius 2 is 2.16 bits per heavy atom. The number of rotatable bonds is 4. The Morgan fingerprint density at radius 3 is 2.84 bits per heavy atom. The van der Waals surface area contributed by atoms with Gasteiger partial charge in [-0.05, 0) is 42.5 Å². The van der Waals surface area contributed by atoms with E-state index in [4.69, 9.17) is 5.11 Å². The lowest BCUT2D eigenvalue weighted by atomic mass is 10.1. The van der Waals surface area contributed by atoms with Crippen molar-refractivity contribution in [1.82, 2.24) is 4.90 Å². The van der Waals surface area contributed by atoms with Gasteiger partial charge in [0, 0.05) is 30.2 Å². The number of carbonyl (C=O) groups is 1. The van der Waals surface area contributed by atoms with Crippen LogP contribution < -0.4 is 0 Å². The van der Waals surface area contributed by atoms with Crippen LogP contribution in [0.5, 0.6) is 0 Å². The summed E-state index contributed by atoms with van der Waals surface area (Å²) < 4.78 is 1.03. The number of aliphatic hydroxyl groups excluding tert-OH is 1. The third kappa shape index (κ3) is 4.18. The van der Waals surface area contributed by atoms with Gasteiger partial charge in [0.25, 0.3) is 0 Å². The van der Waals surface area contributed by atoms with Gasteiger partial charge in [0.2, 0.25) is 5.91 Å². The molecule has 1 aromatic carbocycles. The molecule has 0 aromatic heterocycles. The topological polar surface area (TPSA) is 40.5 Å². The van der Waals surface area contributed by atoms with Crippen LogP contribution >= 0.6 is 15.9 Å². The maximum Gasteiger partial charge on any atom is 0.246 e. The third-order valence-electron chi connectivity index (χ3n) is 3.42. The SMILES string of the molecule is O=C(/C=C/c1ccc(Br)cc1)N1CCC(CCO)C1. The molecule has 1 unspecified atom stereocenters. The van der Waals surface area contributed by atoms with Crippen molar-refractivity contribution in [1.29, 1.82) is 0 Å². The summed E-state index contributed by atoms with van der Waals surface area (Å²) in [6.45, 7) is 1.78. The zero-order valence-corrected chi connectivity index (χ0v) is 12.3. The van der Waals surface area contributed by atoms with Crippen molar-refractivity contribution >= 4 is 27.9 Å². The average Bonchev–Trinajstić information content (AvgIpc) is 2.87. The fourth-order valence-electron chi connectivity index (χ4n) is 2.30. The Hall–Kier alpha value is -1.13. The van der Waals surface area contributed by atoms with E-state index in [1.807, 2.05) is 35.2 Å². The summed E-state index contributed by atoms with van der Waals surface area (Å²) in [4.78, 5) is 13.9. The number of amides is 1. The summed E-state index contributed by atoms with van der Waals surface area (Å²) in [6.07, 6.45) is 5.26. The molecule has 1 amide bonds. The highest BCUT2D eigenvalue weighted by molar-refractivity contribution is 9.10. The van der Waals surface area contributed by atoms with Gasteiger partial charge in [0.1, 0.15) is 0 Å². The highest BCUT2D eigenvalue weighted by Crippen LogP contribution is 2.19. The van der Waals surface area contributed by atoms with Crippen molar-refractivity contribution in [3.63, 3.8) is 0 Å². The molecule has 0 saturated carbocycles. The molecule has 1 N–H and O–H groups in total. The van der Waals surface area contributed by atoms with Crippen LogP contribution in [0.2, 0.25) is 0 Å². The van der Waals surface area contributed by atoms with E-state index >= 15 is 0 Å². The first-order chi connectivity index (χ1) is 9.19. The summed E-state index contributed by atoms with van der Waals surface area (Å²) in [5, 5.41) is 8.90. The van der Waals surface area contributed by atoms with Crippen molar-refractivity contribution in [2.75, 3.05) is 19.7 Å². The van der Waals surface area contributed by atoms with Crippen LogP contribution in [0, 0.1) is 5.92 Å². The van der Waals surface area contributed by atoms with E-state index in [0.717, 1.165) is 36.0 Å². The molecule has 0 radical (unpaired) electrons. The van der Waals surface area contributed by atoms with Crippen LogP contribution in [0.25, 0.3) is 6.08 Å². The van der Waals surface area contributed by atoms with E-state index in [-0.39, 0.29) is 12.5 Å². The number of aliphatic hydroxyl groups is 1. The van der Waals surface area contributed by atoms with E-state index < -0.39 is 0 Å². The number of carbonyl (C=O) groups excluding carboxylic acids is 1. The standard InChI is InChI=1S/C15H18BrNO2/c16-14-4-1-12(2-5-14)3-6-15(19)17-9-7-13(11-17)8-10-18/h1-6,13,18H,7-11H2/b6-3+. The van der Waals surface area contributed by atoms with Gasteiger partial charge in [-0.15, -0.1) is 0 Å². The molecule has 0 spiro atoms. The van der Waals surface area contributed by atoms with Gasteiger partial charge < -0.3 is 10.0 Å². The van der Waals surface area contributed by atoms with Crippen LogP contribution in [-0.2, 0) is 4.79 Å². The first kappa shape index (κ1) is 14.3. The van der Waals surface area contributed by atoms with Gasteiger partial charge in [-0.3, -0.25) is 4.79 Å². The van der Waals surface area contributed by atoms with Crippen molar-refractivity contribution in [3.8, 4) is 0 Å². The second-order valence-electron chi connectivity index (χ2n) is 4.84. The lowest BCUT2D eigenvalue weighted by Gasteiger charge is -2.13. The quantitative estimate of drug-likeness (QED) is 0.865. The summed E-state index contributed by atoms with van der Waals surface area (Å²) in [6, 6.07) is 7.84. The van der Waals surface area contributed by atoms with Gasteiger partial charge in [-0.1, -0.05) is 28.1 Å². The van der Waals surface area contributed by atoms with E-state index in [2.05, 4.69) is 15.9 Å². The molecule has 102 valence electrons. The van der Waals surface area contributed by atoms with E-state index in [9.17, 15) is 4.79 Å². The minimum Gasteiger partial charge on any atom is -0.396 e. The highest BCUT2D eigenvalue weighted by atomic mass is 79.9. The van der Waals surface area contributed by atoms with Crippen LogP contribution in [0.15, 0.2) is 34.8 Å². The molecular formula is C15H18BrNO2. The molecule has 1 saturated heterocycles. The van der Waals surface area contributed by atoms with Crippen molar-refractivity contribution in [3.05, 3.63) is 40.4 Å². The summed E-state index contributed by atoms with van der Waals surface area (Å²) in [7, 11) is 0. The fourth-order valence-corrected chi connectivity index (χ4v) is 2.56. The number of hydrogen-bond acceptors (Lipinski definition) is 2. The Bertz CT molecular complexity index is 456. The molecule has 1 aliphatic rings. The largest absolute Gasteiger partial charge is 0.396 e. The maximum absolute atomic E-state index is 12.0. The zero-order valence-electron chi connectivity index (χ0n) is 10.8. The van der Waals surface area contributed by atoms with Gasteiger partial charge in [-0.2, -0.15) is 0 Å². The van der Waals surface area contributed by atoms with E-state index in [0.29, 0.717) is 5.92 Å². The molecule has 1 aromatic rings. The number of halogens is 1. The van der Waals surface area contributed by atoms with E-state index in [1.165, 1.54) is 0 Å². The number of benzene rings is 1. The molecular weight excluding hydrogens is 306 g/mol. The van der Waals surface area contributed by atoms with Crippen LogP contribution in [0.4, 0.5) is 0 Å². The first-order valence-electron chi connectivity index (χ1n) is 6.52. The Labute approximate surface area is 122 Å². The smallest absolute Gasteiger partial charge is 0.246 e. The number of nitrogens with zero attached hydrogens (tertiary/aromatic N) is 1. The Kier molecular flexibility index (Phi) is 5.16. The second kappa shape index (κ2) is 6.87. The predicted molar refractivity (Wildman–Crippen MR) is 79.6 cm³/mol. The minimum absolute atomic E-state index is 0.0587. The molecule has 2 rings (SSSR count).